The van der Waals surface area contributed by atoms with Gasteiger partial charge in [0.15, 0.2) is 17.0 Å². The van der Waals surface area contributed by atoms with Gasteiger partial charge in [-0.05, 0) is 30.5 Å². The fourth-order valence-electron chi connectivity index (χ4n) is 5.20. The smallest absolute Gasteiger partial charge is 0.264 e. The Kier molecular flexibility index (Phi) is 8.01. The van der Waals surface area contributed by atoms with Gasteiger partial charge in [-0.1, -0.05) is 61.4 Å². The molecule has 0 spiro atoms. The Morgan fingerprint density at radius 3 is 2.54 bits per heavy atom. The summed E-state index contributed by atoms with van der Waals surface area (Å²) < 4.78 is 38.7. The summed E-state index contributed by atoms with van der Waals surface area (Å²) >= 11 is 0. The molecule has 0 unspecified atom stereocenters. The van der Waals surface area contributed by atoms with Gasteiger partial charge in [-0.3, -0.25) is 8.98 Å². The summed E-state index contributed by atoms with van der Waals surface area (Å²) in [6.07, 6.45) is 7.11. The number of benzene rings is 2. The molecule has 10 nitrogen and oxygen atoms in total. The summed E-state index contributed by atoms with van der Waals surface area (Å²) in [5, 5.41) is 2.81. The third-order valence-corrected chi connectivity index (χ3v) is 7.64. The number of carbonyl (C=O) groups is 1. The van der Waals surface area contributed by atoms with Gasteiger partial charge in [0.05, 0.1) is 32.3 Å². The minimum atomic E-state index is -3.78. The average Bonchev–Trinajstić information content (AvgIpc) is 3.33. The number of imidazole rings is 1. The predicted molar refractivity (Wildman–Crippen MR) is 146 cm³/mol. The summed E-state index contributed by atoms with van der Waals surface area (Å²) in [6.45, 7) is 0.988. The van der Waals surface area contributed by atoms with Crippen LogP contribution in [0, 0.1) is 5.92 Å². The van der Waals surface area contributed by atoms with Crippen LogP contribution in [0.4, 0.5) is 5.82 Å². The summed E-state index contributed by atoms with van der Waals surface area (Å²) in [5.74, 6) is -0.205. The molecule has 1 fully saturated rings. The largest absolute Gasteiger partial charge is 0.376 e. The van der Waals surface area contributed by atoms with Crippen LogP contribution in [0.5, 0.6) is 0 Å². The van der Waals surface area contributed by atoms with Crippen molar-refractivity contribution in [2.75, 3.05) is 18.2 Å². The highest BCUT2D eigenvalue weighted by Gasteiger charge is 2.45. The second-order valence-corrected chi connectivity index (χ2v) is 11.5. The third-order valence-electron chi connectivity index (χ3n) is 7.00. The van der Waals surface area contributed by atoms with Gasteiger partial charge in [0, 0.05) is 11.5 Å². The van der Waals surface area contributed by atoms with Gasteiger partial charge >= 0.3 is 0 Å². The number of amides is 1. The van der Waals surface area contributed by atoms with Crippen molar-refractivity contribution in [3.8, 4) is 0 Å². The topological polar surface area (TPSA) is 125 Å². The van der Waals surface area contributed by atoms with Crippen molar-refractivity contribution in [1.29, 1.82) is 0 Å². The van der Waals surface area contributed by atoms with Gasteiger partial charge in [0.1, 0.15) is 11.9 Å². The zero-order chi connectivity index (χ0) is 27.3. The van der Waals surface area contributed by atoms with E-state index in [0.29, 0.717) is 36.4 Å². The number of fused-ring (bicyclic) bond motifs is 1. The van der Waals surface area contributed by atoms with Crippen LogP contribution < -0.4 is 5.32 Å². The molecular formula is C28H31N5O5S. The first-order valence-corrected chi connectivity index (χ1v) is 14.7. The minimum absolute atomic E-state index is 0.166. The van der Waals surface area contributed by atoms with Crippen molar-refractivity contribution < 1.29 is 22.1 Å². The van der Waals surface area contributed by atoms with E-state index < -0.39 is 15.7 Å². The van der Waals surface area contributed by atoms with E-state index >= 15 is 0 Å². The molecule has 39 heavy (non-hydrogen) atoms. The molecule has 11 heteroatoms. The van der Waals surface area contributed by atoms with E-state index in [4.69, 9.17) is 8.92 Å². The second-order valence-electron chi connectivity index (χ2n) is 9.88. The van der Waals surface area contributed by atoms with Crippen molar-refractivity contribution in [3.63, 3.8) is 0 Å². The molecule has 2 atom stereocenters. The van der Waals surface area contributed by atoms with Crippen molar-refractivity contribution in [2.24, 2.45) is 5.92 Å². The number of anilines is 1. The molecule has 0 radical (unpaired) electrons. The number of nitrogens with zero attached hydrogens (tertiary/aromatic N) is 4. The molecule has 1 aliphatic carbocycles. The molecule has 1 amide bonds. The molecule has 4 aromatic rings. The first-order chi connectivity index (χ1) is 18.8. The number of rotatable bonds is 10. The standard InChI is InChI=1S/C28H31N5O5S/c1-39(35,36)38-28(15-9-8-14-23(28)17-37-16-21-10-4-2-5-11-21)18-33-20-31-24-25(29-19-30-26(24)33)32-27(34)22-12-6-3-7-13-22/h2-7,10-13,19-20,23H,8-9,14-18H2,1H3,(H,29,30,32,34)/t23-,28-/m1/s1. The minimum Gasteiger partial charge on any atom is -0.376 e. The Morgan fingerprint density at radius 2 is 1.79 bits per heavy atom. The van der Waals surface area contributed by atoms with Crippen molar-refractivity contribution >= 4 is 33.0 Å². The van der Waals surface area contributed by atoms with E-state index in [9.17, 15) is 13.2 Å². The van der Waals surface area contributed by atoms with Gasteiger partial charge in [0.2, 0.25) is 0 Å². The monoisotopic (exact) mass is 549 g/mol. The highest BCUT2D eigenvalue weighted by Crippen LogP contribution is 2.40. The van der Waals surface area contributed by atoms with Crippen molar-refractivity contribution in [2.45, 2.75) is 44.4 Å². The maximum absolute atomic E-state index is 12.7. The Bertz CT molecular complexity index is 1530. The van der Waals surface area contributed by atoms with Gasteiger partial charge in [-0.15, -0.1) is 0 Å². The lowest BCUT2D eigenvalue weighted by atomic mass is 9.75. The van der Waals surface area contributed by atoms with E-state index in [1.165, 1.54) is 6.33 Å². The summed E-state index contributed by atoms with van der Waals surface area (Å²) in [4.78, 5) is 25.8. The molecule has 2 heterocycles. The highest BCUT2D eigenvalue weighted by atomic mass is 32.2. The average molecular weight is 550 g/mol. The highest BCUT2D eigenvalue weighted by molar-refractivity contribution is 7.86. The maximum atomic E-state index is 12.7. The number of hydrogen-bond donors (Lipinski definition) is 1. The van der Waals surface area contributed by atoms with Crippen LogP contribution in [-0.4, -0.2) is 52.3 Å². The van der Waals surface area contributed by atoms with Crippen LogP contribution in [0.15, 0.2) is 73.3 Å². The first kappa shape index (κ1) is 26.9. The molecule has 2 aromatic carbocycles. The van der Waals surface area contributed by atoms with Crippen LogP contribution >= 0.6 is 0 Å². The lowest BCUT2D eigenvalue weighted by Gasteiger charge is -2.43. The molecule has 0 saturated heterocycles. The van der Waals surface area contributed by atoms with Crippen LogP contribution in [0.1, 0.15) is 41.6 Å². The fourth-order valence-corrected chi connectivity index (χ4v) is 6.08. The Labute approximate surface area is 227 Å². The summed E-state index contributed by atoms with van der Waals surface area (Å²) in [7, 11) is -3.78. The third kappa shape index (κ3) is 6.49. The second kappa shape index (κ2) is 11.6. The SMILES string of the molecule is CS(=O)(=O)O[C@@]1(Cn2cnc3c(NC(=O)c4ccccc4)ncnc32)CCCC[C@@H]1COCc1ccccc1. The molecule has 2 aromatic heterocycles. The molecule has 5 rings (SSSR count). The fraction of sp³-hybridized carbons (Fsp3) is 0.357. The quantitative estimate of drug-likeness (QED) is 0.292. The van der Waals surface area contributed by atoms with Crippen molar-refractivity contribution in [3.05, 3.63) is 84.4 Å². The van der Waals surface area contributed by atoms with E-state index in [-0.39, 0.29) is 24.2 Å². The molecule has 1 saturated carbocycles. The van der Waals surface area contributed by atoms with E-state index in [2.05, 4.69) is 20.3 Å². The van der Waals surface area contributed by atoms with Crippen LogP contribution in [0.25, 0.3) is 11.2 Å². The van der Waals surface area contributed by atoms with Gasteiger partial charge in [-0.25, -0.2) is 15.0 Å². The molecule has 1 aliphatic rings. The lowest BCUT2D eigenvalue weighted by molar-refractivity contribution is -0.0690. The number of aromatic nitrogens is 4. The van der Waals surface area contributed by atoms with Crippen LogP contribution in [-0.2, 0) is 32.2 Å². The Morgan fingerprint density at radius 1 is 1.05 bits per heavy atom. The summed E-state index contributed by atoms with van der Waals surface area (Å²) in [5.41, 5.74) is 1.38. The molecule has 204 valence electrons. The zero-order valence-electron chi connectivity index (χ0n) is 21.7. The van der Waals surface area contributed by atoms with Gasteiger partial charge in [0.25, 0.3) is 16.0 Å². The zero-order valence-corrected chi connectivity index (χ0v) is 22.5. The Balaban J connectivity index is 1.41. The predicted octanol–water partition coefficient (Wildman–Crippen LogP) is 4.20. The lowest BCUT2D eigenvalue weighted by Crippen LogP contribution is -2.49. The normalized spacial score (nSPS) is 19.7. The van der Waals surface area contributed by atoms with Crippen LogP contribution in [0.3, 0.4) is 0 Å². The van der Waals surface area contributed by atoms with Gasteiger partial charge in [-0.2, -0.15) is 8.42 Å². The van der Waals surface area contributed by atoms with Gasteiger partial charge < -0.3 is 14.6 Å². The summed E-state index contributed by atoms with van der Waals surface area (Å²) in [6, 6.07) is 18.7. The molecular weight excluding hydrogens is 518 g/mol. The van der Waals surface area contributed by atoms with E-state index in [1.54, 1.807) is 35.2 Å². The molecule has 1 N–H and O–H groups in total. The maximum Gasteiger partial charge on any atom is 0.264 e. The number of nitrogens with one attached hydrogen (secondary N) is 1. The van der Waals surface area contributed by atoms with Crippen LogP contribution in [0.2, 0.25) is 0 Å². The van der Waals surface area contributed by atoms with Crippen molar-refractivity contribution in [1.82, 2.24) is 19.5 Å². The molecule has 0 bridgehead atoms. The number of hydrogen-bond acceptors (Lipinski definition) is 8. The molecule has 0 aliphatic heterocycles. The first-order valence-electron chi connectivity index (χ1n) is 12.9. The number of carbonyl (C=O) groups excluding carboxylic acids is 1. The number of ether oxygens (including phenoxy) is 1. The Hall–Kier alpha value is -3.67. The van der Waals surface area contributed by atoms with E-state index in [0.717, 1.165) is 31.1 Å². The van der Waals surface area contributed by atoms with E-state index in [1.807, 2.05) is 36.4 Å².